The third-order valence-electron chi connectivity index (χ3n) is 12.3. The molecule has 312 valence electrons. The molecule has 14 heteroatoms. The molecule has 3 fully saturated rings. The minimum absolute atomic E-state index is 0.0265. The Bertz CT molecular complexity index is 1860. The van der Waals surface area contributed by atoms with Crippen molar-refractivity contribution in [1.29, 1.82) is 0 Å². The maximum Gasteiger partial charge on any atom is 0.408 e. The summed E-state index contributed by atoms with van der Waals surface area (Å²) in [6, 6.07) is 8.75. The fraction of sp³-hybridized carbons (Fsp3) is 0.651. The number of aliphatic hydroxyl groups excluding tert-OH is 1. The van der Waals surface area contributed by atoms with E-state index in [0.29, 0.717) is 24.1 Å². The monoisotopic (exact) mass is 792 g/mol. The Labute approximate surface area is 336 Å². The third kappa shape index (κ3) is 9.44. The van der Waals surface area contributed by atoms with E-state index in [4.69, 9.17) is 28.5 Å². The first-order valence-corrected chi connectivity index (χ1v) is 19.9. The molecule has 2 unspecified atom stereocenters. The van der Waals surface area contributed by atoms with Crippen molar-refractivity contribution in [2.75, 3.05) is 27.8 Å². The molecular weight excluding hydrogens is 732 g/mol. The van der Waals surface area contributed by atoms with Gasteiger partial charge in [0.05, 0.1) is 35.1 Å². The molecule has 1 amide bonds. The van der Waals surface area contributed by atoms with Gasteiger partial charge in [-0.3, -0.25) is 14.6 Å². The number of aromatic nitrogens is 1. The van der Waals surface area contributed by atoms with Crippen molar-refractivity contribution in [2.24, 2.45) is 28.8 Å². The number of pyridine rings is 1. The molecule has 0 bridgehead atoms. The van der Waals surface area contributed by atoms with E-state index in [0.717, 1.165) is 10.9 Å². The summed E-state index contributed by atoms with van der Waals surface area (Å²) in [7, 11) is 5.21. The lowest BCUT2D eigenvalue weighted by atomic mass is 9.72. The van der Waals surface area contributed by atoms with Crippen molar-refractivity contribution in [2.45, 2.75) is 129 Å². The molecule has 57 heavy (non-hydrogen) atoms. The molecule has 3 aliphatic heterocycles. The molecule has 13 atom stereocenters. The topological polar surface area (TPSA) is 167 Å². The molecule has 2 N–H and O–H groups in total. The number of amides is 1. The van der Waals surface area contributed by atoms with Crippen LogP contribution in [-0.2, 0) is 38.1 Å². The van der Waals surface area contributed by atoms with Gasteiger partial charge in [-0.1, -0.05) is 62.9 Å². The predicted octanol–water partition coefficient (Wildman–Crippen LogP) is 4.88. The number of ketones is 1. The molecule has 0 radical (unpaired) electrons. The van der Waals surface area contributed by atoms with Crippen LogP contribution in [0.3, 0.4) is 0 Å². The van der Waals surface area contributed by atoms with Gasteiger partial charge in [0.2, 0.25) is 0 Å². The molecule has 3 saturated heterocycles. The van der Waals surface area contributed by atoms with E-state index in [2.05, 4.69) is 27.3 Å². The Morgan fingerprint density at radius 1 is 1.09 bits per heavy atom. The van der Waals surface area contributed by atoms with Crippen LogP contribution in [0.4, 0.5) is 4.79 Å². The van der Waals surface area contributed by atoms with Crippen molar-refractivity contribution < 1.29 is 48.0 Å². The average molecular weight is 793 g/mol. The number of likely N-dealkylation sites (N-methyl/N-ethyl adjacent to an activating group) is 1. The zero-order valence-electron chi connectivity index (χ0n) is 35.1. The normalized spacial score (nSPS) is 37.4. The summed E-state index contributed by atoms with van der Waals surface area (Å²) < 4.78 is 31.6. The van der Waals surface area contributed by atoms with Crippen molar-refractivity contribution in [3.05, 3.63) is 42.1 Å². The molecule has 1 aromatic heterocycles. The molecule has 0 aliphatic carbocycles. The zero-order valence-corrected chi connectivity index (χ0v) is 35.1. The lowest BCUT2D eigenvalue weighted by molar-refractivity contribution is -0.277. The van der Waals surface area contributed by atoms with Crippen molar-refractivity contribution >= 4 is 34.5 Å². The van der Waals surface area contributed by atoms with Gasteiger partial charge >= 0.3 is 12.1 Å². The van der Waals surface area contributed by atoms with Gasteiger partial charge in [0.25, 0.3) is 0 Å². The number of esters is 1. The van der Waals surface area contributed by atoms with Crippen LogP contribution in [0.1, 0.15) is 80.2 Å². The number of nitrogens with zero attached hydrogens (tertiary/aromatic N) is 3. The van der Waals surface area contributed by atoms with Gasteiger partial charge in [-0.2, -0.15) is 0 Å². The number of rotatable bonds is 7. The number of ether oxygens (including phenoxy) is 5. The second-order valence-corrected chi connectivity index (χ2v) is 16.4. The average Bonchev–Trinajstić information content (AvgIpc) is 3.50. The minimum atomic E-state index is -1.33. The fourth-order valence-electron chi connectivity index (χ4n) is 8.55. The summed E-state index contributed by atoms with van der Waals surface area (Å²) in [4.78, 5) is 53.1. The Kier molecular flexibility index (Phi) is 14.0. The van der Waals surface area contributed by atoms with Gasteiger partial charge in [-0.15, -0.1) is 0 Å². The molecule has 14 nitrogen and oxygen atoms in total. The number of carbonyl (C=O) groups is 3. The summed E-state index contributed by atoms with van der Waals surface area (Å²) in [6.07, 6.45) is -2.24. The largest absolute Gasteiger partial charge is 0.458 e. The summed E-state index contributed by atoms with van der Waals surface area (Å²) in [5.41, 5.74) is -0.406. The third-order valence-corrected chi connectivity index (χ3v) is 12.3. The van der Waals surface area contributed by atoms with Crippen LogP contribution in [-0.4, -0.2) is 120 Å². The molecule has 5 rings (SSSR count). The van der Waals surface area contributed by atoms with Crippen LogP contribution in [0.2, 0.25) is 0 Å². The van der Waals surface area contributed by atoms with E-state index >= 15 is 0 Å². The van der Waals surface area contributed by atoms with Gasteiger partial charge in [0.1, 0.15) is 31.8 Å². The number of nitrogens with one attached hydrogen (secondary N) is 1. The van der Waals surface area contributed by atoms with E-state index in [9.17, 15) is 19.5 Å². The predicted molar refractivity (Wildman–Crippen MR) is 213 cm³/mol. The highest BCUT2D eigenvalue weighted by Crippen LogP contribution is 2.41. The second-order valence-electron chi connectivity index (χ2n) is 16.4. The summed E-state index contributed by atoms with van der Waals surface area (Å²) in [5, 5.41) is 20.0. The second kappa shape index (κ2) is 18.2. The summed E-state index contributed by atoms with van der Waals surface area (Å²) >= 11 is 0. The highest BCUT2D eigenvalue weighted by molar-refractivity contribution is 6.00. The van der Waals surface area contributed by atoms with Gasteiger partial charge in [0.15, 0.2) is 17.7 Å². The number of para-hydroxylation sites is 1. The van der Waals surface area contributed by atoms with E-state index in [1.807, 2.05) is 83.9 Å². The summed E-state index contributed by atoms with van der Waals surface area (Å²) in [5.74, 6) is 1.94. The Hall–Kier alpha value is -4.13. The quantitative estimate of drug-likeness (QED) is 0.169. The SMILES string of the molecule is CC[C@@H]1OC(=O)[C@H](C)C(=O)[C@H](C)[C@@H](OC2O[C@H](C)C[C@H](N(C)C)[C@H]2O)C[C@@](C)(OCC#Cc2cnc3ccccc3c2)[C@@H](C)/C(=N\OC)[C@@H](C)C2NC(=O)O[C@@]21C. The molecule has 2 aromatic rings. The maximum absolute atomic E-state index is 14.4. The van der Waals surface area contributed by atoms with Crippen LogP contribution in [0.15, 0.2) is 41.7 Å². The number of aliphatic hydroxyl groups is 1. The van der Waals surface area contributed by atoms with Crippen LogP contribution < -0.4 is 5.32 Å². The van der Waals surface area contributed by atoms with Gasteiger partial charge in [0, 0.05) is 47.4 Å². The highest BCUT2D eigenvalue weighted by atomic mass is 16.7. The number of oxime groups is 1. The van der Waals surface area contributed by atoms with Crippen LogP contribution in [0.25, 0.3) is 10.9 Å². The van der Waals surface area contributed by atoms with E-state index < -0.39 is 83.4 Å². The van der Waals surface area contributed by atoms with E-state index in [-0.39, 0.29) is 25.2 Å². The van der Waals surface area contributed by atoms with Gasteiger partial charge < -0.3 is 43.8 Å². The van der Waals surface area contributed by atoms with Crippen LogP contribution in [0, 0.1) is 35.5 Å². The van der Waals surface area contributed by atoms with Crippen molar-refractivity contribution in [3.63, 3.8) is 0 Å². The van der Waals surface area contributed by atoms with Gasteiger partial charge in [-0.05, 0) is 66.8 Å². The Balaban J connectivity index is 1.60. The number of cyclic esters (lactones) is 1. The summed E-state index contributed by atoms with van der Waals surface area (Å²) in [6.45, 7) is 14.4. The Morgan fingerprint density at radius 3 is 2.49 bits per heavy atom. The first-order chi connectivity index (χ1) is 26.9. The molecule has 4 heterocycles. The number of hydrogen-bond acceptors (Lipinski definition) is 13. The molecule has 1 aromatic carbocycles. The number of fused-ring (bicyclic) bond motifs is 2. The van der Waals surface area contributed by atoms with E-state index in [1.54, 1.807) is 20.0 Å². The highest BCUT2D eigenvalue weighted by Gasteiger charge is 2.57. The van der Waals surface area contributed by atoms with E-state index in [1.165, 1.54) is 14.0 Å². The van der Waals surface area contributed by atoms with Crippen LogP contribution >= 0.6 is 0 Å². The van der Waals surface area contributed by atoms with Crippen molar-refractivity contribution in [3.8, 4) is 11.8 Å². The lowest BCUT2D eigenvalue weighted by Crippen LogP contribution is -2.59. The number of alkyl carbamates (subject to hydrolysis) is 1. The number of carbonyl (C=O) groups excluding carboxylic acids is 3. The van der Waals surface area contributed by atoms with Gasteiger partial charge in [-0.25, -0.2) is 4.79 Å². The number of Topliss-reactive ketones (excluding diaryl/α,β-unsaturated/α-hetero) is 1. The van der Waals surface area contributed by atoms with Crippen molar-refractivity contribution in [1.82, 2.24) is 15.2 Å². The molecule has 0 saturated carbocycles. The number of hydrogen-bond donors (Lipinski definition) is 2. The first kappa shape index (κ1) is 44.0. The lowest BCUT2D eigenvalue weighted by Gasteiger charge is -2.46. The first-order valence-electron chi connectivity index (χ1n) is 19.9. The Morgan fingerprint density at radius 2 is 1.81 bits per heavy atom. The molecular formula is C43H60N4O10. The smallest absolute Gasteiger partial charge is 0.408 e. The molecule has 3 aliphatic rings. The fourth-order valence-corrected chi connectivity index (χ4v) is 8.55. The minimum Gasteiger partial charge on any atom is -0.458 e. The number of benzene rings is 1. The standard InChI is InChI=1S/C43H60N4O10/c1-12-34-43(8)38(45-41(51)57-43)26(4)35(46-52-11)28(6)42(7,53-19-15-16-29-21-30-17-13-14-18-31(30)44-23-29)22-33(25(3)36(48)27(5)39(50)56-34)55-40-37(49)32(47(9)10)20-24(2)54-40/h13-14,17-18,21,23-28,32-34,37-38,40,49H,12,19-20,22H2,1-11H3,(H,45,51)/b46-35-/t24-,25-,26-,27-,28+,32+,33+,34+,37-,38?,40?,42-,43-/m1/s1. The maximum atomic E-state index is 14.4. The molecule has 0 spiro atoms. The zero-order chi connectivity index (χ0) is 41.8. The van der Waals surface area contributed by atoms with Crippen LogP contribution in [0.5, 0.6) is 0 Å².